The van der Waals surface area contributed by atoms with E-state index in [1.807, 2.05) is 0 Å². The minimum absolute atomic E-state index is 0.156. The molecule has 0 aliphatic carbocycles. The van der Waals surface area contributed by atoms with Crippen molar-refractivity contribution in [2.45, 2.75) is 23.0 Å². The van der Waals surface area contributed by atoms with Gasteiger partial charge in [0.05, 0.1) is 10.6 Å². The Morgan fingerprint density at radius 2 is 1.48 bits per heavy atom. The lowest BCUT2D eigenvalue weighted by Crippen LogP contribution is -2.30. The fourth-order valence-corrected chi connectivity index (χ4v) is 6.95. The fourth-order valence-electron chi connectivity index (χ4n) is 3.13. The zero-order valence-corrected chi connectivity index (χ0v) is 20.9. The van der Waals surface area contributed by atoms with Gasteiger partial charge in [0, 0.05) is 31.4 Å². The van der Waals surface area contributed by atoms with Crippen LogP contribution in [0.3, 0.4) is 0 Å². The molecule has 0 atom stereocenters. The molecule has 1 N–H and O–H groups in total. The highest BCUT2D eigenvalue weighted by Crippen LogP contribution is 2.25. The Kier molecular flexibility index (Phi) is 7.58. The number of amides is 1. The lowest BCUT2D eigenvalue weighted by molar-refractivity contribution is 0.102. The summed E-state index contributed by atoms with van der Waals surface area (Å²) >= 11 is 1.13. The quantitative estimate of drug-likeness (QED) is 0.474. The molecule has 0 radical (unpaired) electrons. The fraction of sp³-hybridized carbons (Fsp3) is 0.227. The first kappa shape index (κ1) is 24.9. The molecule has 0 unspecified atom stereocenters. The molecule has 176 valence electrons. The average molecular weight is 508 g/mol. The van der Waals surface area contributed by atoms with Crippen LogP contribution in [0.4, 0.5) is 11.4 Å². The Morgan fingerprint density at radius 3 is 2.00 bits per heavy atom. The van der Waals surface area contributed by atoms with Gasteiger partial charge in [-0.3, -0.25) is 9.10 Å². The van der Waals surface area contributed by atoms with Crippen molar-refractivity contribution in [1.82, 2.24) is 4.31 Å². The van der Waals surface area contributed by atoms with Crippen LogP contribution < -0.4 is 9.62 Å². The number of rotatable bonds is 9. The maximum Gasteiger partial charge on any atom is 0.273 e. The number of thiophene rings is 1. The Bertz CT molecular complexity index is 1300. The Labute approximate surface area is 198 Å². The van der Waals surface area contributed by atoms with Crippen molar-refractivity contribution in [1.29, 1.82) is 0 Å². The van der Waals surface area contributed by atoms with E-state index in [2.05, 4.69) is 5.32 Å². The van der Waals surface area contributed by atoms with E-state index in [0.29, 0.717) is 30.0 Å². The molecule has 0 saturated carbocycles. The number of hydrogen-bond acceptors (Lipinski definition) is 6. The molecule has 11 heteroatoms. The van der Waals surface area contributed by atoms with Gasteiger partial charge in [0.1, 0.15) is 4.21 Å². The Morgan fingerprint density at radius 1 is 0.879 bits per heavy atom. The molecule has 0 bridgehead atoms. The molecule has 0 spiro atoms. The van der Waals surface area contributed by atoms with Crippen LogP contribution in [0, 0.1) is 0 Å². The standard InChI is InChI=1S/C22H25N3O5S3/c1-4-25(5-2)32(27,28)20-14-10-18(11-15-20)23-22(26)17-8-12-19(13-9-17)24(3)33(29,30)21-7-6-16-31-21/h6-16H,4-5H2,1-3H3,(H,23,26). The predicted octanol–water partition coefficient (Wildman–Crippen LogP) is 3.86. The molecule has 8 nitrogen and oxygen atoms in total. The van der Waals surface area contributed by atoms with Crippen LogP contribution in [0.25, 0.3) is 0 Å². The molecule has 0 saturated heterocycles. The van der Waals surface area contributed by atoms with E-state index in [-0.39, 0.29) is 9.10 Å². The number of nitrogens with one attached hydrogen (secondary N) is 1. The van der Waals surface area contributed by atoms with Crippen molar-refractivity contribution >= 4 is 48.7 Å². The number of carbonyl (C=O) groups excluding carboxylic acids is 1. The average Bonchev–Trinajstić information content (AvgIpc) is 3.35. The molecule has 0 fully saturated rings. The van der Waals surface area contributed by atoms with E-state index >= 15 is 0 Å². The monoisotopic (exact) mass is 507 g/mol. The molecule has 0 aliphatic rings. The van der Waals surface area contributed by atoms with E-state index in [0.717, 1.165) is 15.6 Å². The van der Waals surface area contributed by atoms with Gasteiger partial charge in [-0.25, -0.2) is 16.8 Å². The van der Waals surface area contributed by atoms with Crippen LogP contribution in [-0.2, 0) is 20.0 Å². The number of carbonyl (C=O) groups is 1. The molecular weight excluding hydrogens is 482 g/mol. The lowest BCUT2D eigenvalue weighted by Gasteiger charge is -2.19. The van der Waals surface area contributed by atoms with Gasteiger partial charge in [0.25, 0.3) is 15.9 Å². The van der Waals surface area contributed by atoms with Crippen LogP contribution >= 0.6 is 11.3 Å². The maximum atomic E-state index is 12.6. The summed E-state index contributed by atoms with van der Waals surface area (Å²) in [5, 5.41) is 4.41. The Balaban J connectivity index is 1.71. The van der Waals surface area contributed by atoms with Gasteiger partial charge in [-0.1, -0.05) is 19.9 Å². The van der Waals surface area contributed by atoms with Gasteiger partial charge in [-0.05, 0) is 60.0 Å². The second-order valence-electron chi connectivity index (χ2n) is 7.02. The molecule has 1 heterocycles. The second kappa shape index (κ2) is 10.0. The first-order valence-electron chi connectivity index (χ1n) is 10.1. The Hall–Kier alpha value is -2.73. The summed E-state index contributed by atoms with van der Waals surface area (Å²) < 4.78 is 53.2. The van der Waals surface area contributed by atoms with Crippen LogP contribution in [0.1, 0.15) is 24.2 Å². The van der Waals surface area contributed by atoms with Gasteiger partial charge < -0.3 is 5.32 Å². The zero-order chi connectivity index (χ0) is 24.2. The third-order valence-electron chi connectivity index (χ3n) is 5.06. The summed E-state index contributed by atoms with van der Waals surface area (Å²) in [4.78, 5) is 12.7. The summed E-state index contributed by atoms with van der Waals surface area (Å²) in [7, 11) is -5.77. The largest absolute Gasteiger partial charge is 0.322 e. The summed E-state index contributed by atoms with van der Waals surface area (Å²) in [5.41, 5.74) is 1.20. The number of hydrogen-bond donors (Lipinski definition) is 1. The van der Waals surface area contributed by atoms with Crippen molar-refractivity contribution in [2.75, 3.05) is 29.8 Å². The predicted molar refractivity (Wildman–Crippen MR) is 131 cm³/mol. The van der Waals surface area contributed by atoms with Crippen molar-refractivity contribution in [3.8, 4) is 0 Å². The molecule has 1 aromatic heterocycles. The third kappa shape index (κ3) is 5.27. The minimum Gasteiger partial charge on any atom is -0.322 e. The van der Waals surface area contributed by atoms with Crippen LogP contribution in [0.5, 0.6) is 0 Å². The highest BCUT2D eigenvalue weighted by atomic mass is 32.2. The smallest absolute Gasteiger partial charge is 0.273 e. The highest BCUT2D eigenvalue weighted by Gasteiger charge is 2.23. The number of nitrogens with zero attached hydrogens (tertiary/aromatic N) is 2. The minimum atomic E-state index is -3.66. The summed E-state index contributed by atoms with van der Waals surface area (Å²) in [6.45, 7) is 4.29. The number of anilines is 2. The van der Waals surface area contributed by atoms with Crippen LogP contribution in [0.15, 0.2) is 75.1 Å². The topological polar surface area (TPSA) is 104 Å². The number of sulfonamides is 2. The molecule has 1 amide bonds. The molecule has 0 aliphatic heterocycles. The zero-order valence-electron chi connectivity index (χ0n) is 18.4. The lowest BCUT2D eigenvalue weighted by atomic mass is 10.2. The molecule has 2 aromatic carbocycles. The number of benzene rings is 2. The molecular formula is C22H25N3O5S3. The molecule has 33 heavy (non-hydrogen) atoms. The van der Waals surface area contributed by atoms with Crippen molar-refractivity contribution in [2.24, 2.45) is 0 Å². The van der Waals surface area contributed by atoms with Gasteiger partial charge in [0.15, 0.2) is 0 Å². The van der Waals surface area contributed by atoms with Gasteiger partial charge >= 0.3 is 0 Å². The van der Waals surface area contributed by atoms with E-state index in [1.54, 1.807) is 37.4 Å². The molecule has 3 rings (SSSR count). The van der Waals surface area contributed by atoms with Crippen molar-refractivity contribution in [3.05, 3.63) is 71.6 Å². The van der Waals surface area contributed by atoms with Gasteiger partial charge in [-0.2, -0.15) is 4.31 Å². The first-order chi connectivity index (χ1) is 15.6. The first-order valence-corrected chi connectivity index (χ1v) is 13.9. The highest BCUT2D eigenvalue weighted by molar-refractivity contribution is 7.94. The van der Waals surface area contributed by atoms with Crippen LogP contribution in [-0.4, -0.2) is 47.2 Å². The second-order valence-corrected chi connectivity index (χ2v) is 12.1. The summed E-state index contributed by atoms with van der Waals surface area (Å²) in [6.07, 6.45) is 0. The maximum absolute atomic E-state index is 12.6. The van der Waals surface area contributed by atoms with E-state index in [4.69, 9.17) is 0 Å². The molecule has 3 aromatic rings. The van der Waals surface area contributed by atoms with Gasteiger partial charge in [-0.15, -0.1) is 11.3 Å². The van der Waals surface area contributed by atoms with E-state index < -0.39 is 26.0 Å². The van der Waals surface area contributed by atoms with Crippen molar-refractivity contribution < 1.29 is 21.6 Å². The SMILES string of the molecule is CCN(CC)S(=O)(=O)c1ccc(NC(=O)c2ccc(N(C)S(=O)(=O)c3cccs3)cc2)cc1. The summed E-state index contributed by atoms with van der Waals surface area (Å²) in [6, 6.07) is 15.4. The summed E-state index contributed by atoms with van der Waals surface area (Å²) in [5.74, 6) is -0.398. The normalized spacial score (nSPS) is 12.0. The van der Waals surface area contributed by atoms with Crippen LogP contribution in [0.2, 0.25) is 0 Å². The third-order valence-corrected chi connectivity index (χ3v) is 10.3. The van der Waals surface area contributed by atoms with E-state index in [9.17, 15) is 21.6 Å². The van der Waals surface area contributed by atoms with Crippen molar-refractivity contribution in [3.63, 3.8) is 0 Å². The van der Waals surface area contributed by atoms with Gasteiger partial charge in [0.2, 0.25) is 10.0 Å². The van der Waals surface area contributed by atoms with E-state index in [1.165, 1.54) is 53.8 Å².